The van der Waals surface area contributed by atoms with Crippen LogP contribution in [0.4, 0.5) is 0 Å². The summed E-state index contributed by atoms with van der Waals surface area (Å²) >= 11 is 0. The van der Waals surface area contributed by atoms with Crippen molar-refractivity contribution in [2.24, 2.45) is 0 Å². The molecule has 5 rings (SSSR count). The van der Waals surface area contributed by atoms with Crippen LogP contribution in [0.5, 0.6) is 23.0 Å². The van der Waals surface area contributed by atoms with Gasteiger partial charge in [0.2, 0.25) is 0 Å². The molecule has 0 saturated heterocycles. The molecule has 4 aromatic carbocycles. The number of rotatable bonds is 6. The highest BCUT2D eigenvalue weighted by atomic mass is 16.5. The number of aromatic hydroxyl groups is 1. The minimum Gasteiger partial charge on any atom is -0.508 e. The lowest BCUT2D eigenvalue weighted by molar-refractivity contribution is 0.406. The maximum absolute atomic E-state index is 10.6. The van der Waals surface area contributed by atoms with E-state index in [9.17, 15) is 5.11 Å². The Bertz CT molecular complexity index is 1330. The van der Waals surface area contributed by atoms with E-state index < -0.39 is 10.8 Å². The first-order valence-corrected chi connectivity index (χ1v) is 11.7. The minimum atomic E-state index is -0.496. The number of phenols is 1. The fourth-order valence-corrected chi connectivity index (χ4v) is 5.76. The van der Waals surface area contributed by atoms with Gasteiger partial charge in [-0.25, -0.2) is 0 Å². The van der Waals surface area contributed by atoms with Crippen LogP contribution in [0.15, 0.2) is 91.0 Å². The van der Waals surface area contributed by atoms with Gasteiger partial charge >= 0.3 is 0 Å². The molecule has 0 bridgehead atoms. The van der Waals surface area contributed by atoms with Crippen LogP contribution in [-0.2, 0) is 10.8 Å². The SMILES string of the molecule is COc1cccc(C2(C)CC(c3cccc(OC)c3)(c3cccc(OC)c3)c3ccc(O)cc32)c1. The van der Waals surface area contributed by atoms with Gasteiger partial charge in [-0.2, -0.15) is 0 Å². The van der Waals surface area contributed by atoms with Gasteiger partial charge in [-0.05, 0) is 82.8 Å². The smallest absolute Gasteiger partial charge is 0.119 e. The molecule has 0 radical (unpaired) electrons. The largest absolute Gasteiger partial charge is 0.508 e. The van der Waals surface area contributed by atoms with Gasteiger partial charge in [-0.15, -0.1) is 0 Å². The maximum Gasteiger partial charge on any atom is 0.119 e. The van der Waals surface area contributed by atoms with E-state index in [2.05, 4.69) is 49.4 Å². The average molecular weight is 467 g/mol. The Morgan fingerprint density at radius 2 is 1.09 bits per heavy atom. The van der Waals surface area contributed by atoms with E-state index in [1.54, 1.807) is 27.4 Å². The molecule has 0 aromatic heterocycles. The molecular weight excluding hydrogens is 436 g/mol. The Labute approximate surface area is 206 Å². The van der Waals surface area contributed by atoms with E-state index in [-0.39, 0.29) is 5.75 Å². The molecule has 1 aliphatic carbocycles. The third-order valence-corrected chi connectivity index (χ3v) is 7.51. The topological polar surface area (TPSA) is 47.9 Å². The Morgan fingerprint density at radius 3 is 1.60 bits per heavy atom. The molecule has 0 fully saturated rings. The molecule has 4 heteroatoms. The third kappa shape index (κ3) is 3.61. The van der Waals surface area contributed by atoms with Crippen LogP contribution in [0.2, 0.25) is 0 Å². The van der Waals surface area contributed by atoms with Gasteiger partial charge in [0, 0.05) is 10.8 Å². The lowest BCUT2D eigenvalue weighted by atomic mass is 9.67. The first kappa shape index (κ1) is 22.9. The summed E-state index contributed by atoms with van der Waals surface area (Å²) < 4.78 is 16.8. The lowest BCUT2D eigenvalue weighted by Gasteiger charge is -2.35. The molecule has 0 saturated carbocycles. The van der Waals surface area contributed by atoms with Crippen molar-refractivity contribution in [2.45, 2.75) is 24.2 Å². The van der Waals surface area contributed by atoms with Crippen LogP contribution >= 0.6 is 0 Å². The van der Waals surface area contributed by atoms with Crippen molar-refractivity contribution in [1.82, 2.24) is 0 Å². The van der Waals surface area contributed by atoms with Crippen molar-refractivity contribution >= 4 is 0 Å². The quantitative estimate of drug-likeness (QED) is 0.354. The second-order valence-corrected chi connectivity index (χ2v) is 9.34. The highest BCUT2D eigenvalue weighted by Crippen LogP contribution is 2.59. The van der Waals surface area contributed by atoms with Crippen molar-refractivity contribution in [1.29, 1.82) is 0 Å². The predicted octanol–water partition coefficient (Wildman–Crippen LogP) is 6.46. The van der Waals surface area contributed by atoms with Gasteiger partial charge < -0.3 is 19.3 Å². The number of ether oxygens (including phenoxy) is 3. The molecule has 0 spiro atoms. The summed E-state index contributed by atoms with van der Waals surface area (Å²) in [5.41, 5.74) is 4.75. The summed E-state index contributed by atoms with van der Waals surface area (Å²) in [5, 5.41) is 10.6. The number of hydrogen-bond donors (Lipinski definition) is 1. The van der Waals surface area contributed by atoms with Crippen molar-refractivity contribution in [3.8, 4) is 23.0 Å². The Morgan fingerprint density at radius 1 is 0.600 bits per heavy atom. The van der Waals surface area contributed by atoms with Crippen molar-refractivity contribution in [2.75, 3.05) is 21.3 Å². The standard InChI is InChI=1S/C31H30O4/c1-30(21-8-5-11-25(16-21)33-2)20-31(22-9-6-12-26(17-22)34-3,23-10-7-13-27(18-23)35-4)28-15-14-24(32)19-29(28)30/h5-19,32H,20H2,1-4H3. The van der Waals surface area contributed by atoms with Gasteiger partial charge in [0.05, 0.1) is 21.3 Å². The zero-order valence-corrected chi connectivity index (χ0v) is 20.5. The average Bonchev–Trinajstić information content (AvgIpc) is 3.18. The van der Waals surface area contributed by atoms with E-state index in [1.807, 2.05) is 42.5 Å². The third-order valence-electron chi connectivity index (χ3n) is 7.51. The summed E-state index contributed by atoms with van der Waals surface area (Å²) in [7, 11) is 5.07. The minimum absolute atomic E-state index is 0.255. The highest BCUT2D eigenvalue weighted by molar-refractivity contribution is 5.65. The van der Waals surface area contributed by atoms with Crippen molar-refractivity contribution in [3.63, 3.8) is 0 Å². The Hall–Kier alpha value is -3.92. The Balaban J connectivity index is 1.85. The number of phenolic OH excluding ortho intramolecular Hbond substituents is 1. The lowest BCUT2D eigenvalue weighted by Crippen LogP contribution is -2.30. The van der Waals surface area contributed by atoms with E-state index in [1.165, 1.54) is 0 Å². The molecule has 0 heterocycles. The highest BCUT2D eigenvalue weighted by Gasteiger charge is 2.53. The normalized spacial score (nSPS) is 18.1. The van der Waals surface area contributed by atoms with Crippen LogP contribution in [-0.4, -0.2) is 26.4 Å². The first-order valence-electron chi connectivity index (χ1n) is 11.7. The molecule has 4 nitrogen and oxygen atoms in total. The van der Waals surface area contributed by atoms with E-state index in [0.717, 1.165) is 51.5 Å². The van der Waals surface area contributed by atoms with E-state index in [0.29, 0.717) is 0 Å². The summed E-state index contributed by atoms with van der Waals surface area (Å²) in [4.78, 5) is 0. The van der Waals surface area contributed by atoms with Gasteiger partial charge in [0.25, 0.3) is 0 Å². The van der Waals surface area contributed by atoms with Gasteiger partial charge in [-0.1, -0.05) is 49.4 Å². The van der Waals surface area contributed by atoms with Crippen LogP contribution in [0.3, 0.4) is 0 Å². The van der Waals surface area contributed by atoms with E-state index >= 15 is 0 Å². The molecule has 1 N–H and O–H groups in total. The number of benzene rings is 4. The van der Waals surface area contributed by atoms with Crippen LogP contribution < -0.4 is 14.2 Å². The fourth-order valence-electron chi connectivity index (χ4n) is 5.76. The van der Waals surface area contributed by atoms with Gasteiger partial charge in [-0.3, -0.25) is 0 Å². The molecule has 4 aromatic rings. The van der Waals surface area contributed by atoms with E-state index in [4.69, 9.17) is 14.2 Å². The predicted molar refractivity (Wildman–Crippen MR) is 138 cm³/mol. The Kier molecular flexibility index (Phi) is 5.68. The van der Waals surface area contributed by atoms with Crippen molar-refractivity contribution in [3.05, 3.63) is 119 Å². The van der Waals surface area contributed by atoms with Crippen LogP contribution in [0.1, 0.15) is 41.2 Å². The van der Waals surface area contributed by atoms with Crippen LogP contribution in [0, 0.1) is 0 Å². The number of fused-ring (bicyclic) bond motifs is 1. The molecule has 0 aliphatic heterocycles. The van der Waals surface area contributed by atoms with Gasteiger partial charge in [0.1, 0.15) is 23.0 Å². The molecule has 1 aliphatic rings. The van der Waals surface area contributed by atoms with Crippen LogP contribution in [0.25, 0.3) is 0 Å². The second kappa shape index (κ2) is 8.70. The molecule has 0 amide bonds. The zero-order chi connectivity index (χ0) is 24.6. The number of methoxy groups -OCH3 is 3. The monoisotopic (exact) mass is 466 g/mol. The molecule has 35 heavy (non-hydrogen) atoms. The van der Waals surface area contributed by atoms with Gasteiger partial charge in [0.15, 0.2) is 0 Å². The summed E-state index contributed by atoms with van der Waals surface area (Å²) in [6, 6.07) is 30.6. The number of hydrogen-bond acceptors (Lipinski definition) is 4. The van der Waals surface area contributed by atoms with Crippen molar-refractivity contribution < 1.29 is 19.3 Å². The maximum atomic E-state index is 10.6. The first-order chi connectivity index (χ1) is 16.9. The second-order valence-electron chi connectivity index (χ2n) is 9.34. The summed E-state index contributed by atoms with van der Waals surface area (Å²) in [6.45, 7) is 2.25. The summed E-state index contributed by atoms with van der Waals surface area (Å²) in [5.74, 6) is 2.68. The molecule has 178 valence electrons. The summed E-state index contributed by atoms with van der Waals surface area (Å²) in [6.07, 6.45) is 0.756. The fraction of sp³-hybridized carbons (Fsp3) is 0.226. The molecular formula is C31H30O4. The molecule has 1 atom stereocenters. The zero-order valence-electron chi connectivity index (χ0n) is 20.5. The molecule has 1 unspecified atom stereocenters.